The van der Waals surface area contributed by atoms with E-state index in [1.54, 1.807) is 24.4 Å². The monoisotopic (exact) mass is 205 g/mol. The van der Waals surface area contributed by atoms with Crippen molar-refractivity contribution in [2.24, 2.45) is 4.99 Å². The third-order valence-corrected chi connectivity index (χ3v) is 1.74. The van der Waals surface area contributed by atoms with E-state index in [0.717, 1.165) is 0 Å². The third kappa shape index (κ3) is 3.06. The molecule has 1 rings (SSSR count). The second-order valence-electron chi connectivity index (χ2n) is 2.91. The summed E-state index contributed by atoms with van der Waals surface area (Å²) < 4.78 is 12.7. The Bertz CT molecular complexity index is 404. The summed E-state index contributed by atoms with van der Waals surface area (Å²) in [5.74, 6) is -0.465. The van der Waals surface area contributed by atoms with Crippen molar-refractivity contribution in [1.29, 1.82) is 0 Å². The molecule has 0 bridgehead atoms. The minimum absolute atomic E-state index is 0.139. The van der Waals surface area contributed by atoms with Crippen LogP contribution in [0.3, 0.4) is 0 Å². The van der Waals surface area contributed by atoms with Gasteiger partial charge in [-0.15, -0.1) is 0 Å². The Morgan fingerprint density at radius 3 is 2.47 bits per heavy atom. The highest BCUT2D eigenvalue weighted by atomic mass is 19.1. The van der Waals surface area contributed by atoms with E-state index in [4.69, 9.17) is 0 Å². The van der Waals surface area contributed by atoms with Crippen molar-refractivity contribution < 1.29 is 9.50 Å². The number of halogens is 1. The van der Waals surface area contributed by atoms with Gasteiger partial charge in [-0.2, -0.15) is 0 Å². The van der Waals surface area contributed by atoms with Crippen LogP contribution in [0.15, 0.2) is 53.9 Å². The molecule has 0 spiro atoms. The Hall–Kier alpha value is -1.90. The molecule has 0 saturated carbocycles. The van der Waals surface area contributed by atoms with Crippen LogP contribution >= 0.6 is 0 Å². The van der Waals surface area contributed by atoms with Crippen LogP contribution in [-0.4, -0.2) is 10.8 Å². The highest BCUT2D eigenvalue weighted by molar-refractivity contribution is 6.10. The van der Waals surface area contributed by atoms with E-state index < -0.39 is 0 Å². The van der Waals surface area contributed by atoms with Gasteiger partial charge < -0.3 is 5.11 Å². The van der Waals surface area contributed by atoms with Gasteiger partial charge in [-0.25, -0.2) is 4.39 Å². The minimum atomic E-state index is -0.326. The van der Waals surface area contributed by atoms with Gasteiger partial charge in [0.1, 0.15) is 17.3 Å². The number of aliphatic hydroxyl groups excluding tert-OH is 1. The van der Waals surface area contributed by atoms with E-state index >= 15 is 0 Å². The molecule has 0 fully saturated rings. The summed E-state index contributed by atoms with van der Waals surface area (Å²) in [6.45, 7) is 5.22. The molecular formula is C12H12FNO. The Balaban J connectivity index is 3.10. The molecule has 0 aliphatic carbocycles. The summed E-state index contributed by atoms with van der Waals surface area (Å²) >= 11 is 0. The van der Waals surface area contributed by atoms with Crippen molar-refractivity contribution >= 4 is 5.71 Å². The molecule has 1 aromatic rings. The molecule has 0 aromatic heterocycles. The molecular weight excluding hydrogens is 193 g/mol. The maximum absolute atomic E-state index is 12.7. The molecule has 3 heteroatoms. The highest BCUT2D eigenvalue weighted by Gasteiger charge is 2.05. The van der Waals surface area contributed by atoms with Crippen molar-refractivity contribution in [3.63, 3.8) is 0 Å². The quantitative estimate of drug-likeness (QED) is 0.596. The van der Waals surface area contributed by atoms with Gasteiger partial charge in [-0.3, -0.25) is 4.99 Å². The normalized spacial score (nSPS) is 12.0. The number of allylic oxidation sites excluding steroid dienone is 2. The number of rotatable bonds is 3. The summed E-state index contributed by atoms with van der Waals surface area (Å²) in [4.78, 5) is 4.01. The molecule has 0 amide bonds. The summed E-state index contributed by atoms with van der Waals surface area (Å²) in [5, 5.41) is 9.31. The molecule has 1 aromatic carbocycles. The predicted octanol–water partition coefficient (Wildman–Crippen LogP) is 3.22. The third-order valence-electron chi connectivity index (χ3n) is 1.74. The van der Waals surface area contributed by atoms with Gasteiger partial charge >= 0.3 is 0 Å². The second kappa shape index (κ2) is 5.10. The standard InChI is InChI=1S/C12H12FNO/c1-3-8-14-12(9(2)15)10-4-6-11(13)7-5-10/h3-8,15H,2H2,1H3/b8-3-,14-12?. The molecule has 0 atom stereocenters. The smallest absolute Gasteiger partial charge is 0.134 e. The van der Waals surface area contributed by atoms with Gasteiger partial charge in [0, 0.05) is 11.8 Å². The lowest BCUT2D eigenvalue weighted by Crippen LogP contribution is -2.03. The van der Waals surface area contributed by atoms with Crippen LogP contribution in [0.5, 0.6) is 0 Å². The van der Waals surface area contributed by atoms with Gasteiger partial charge in [0.25, 0.3) is 0 Å². The number of nitrogens with zero attached hydrogens (tertiary/aromatic N) is 1. The fourth-order valence-corrected chi connectivity index (χ4v) is 1.07. The van der Waals surface area contributed by atoms with Crippen LogP contribution < -0.4 is 0 Å². The van der Waals surface area contributed by atoms with Gasteiger partial charge in [-0.1, -0.05) is 12.7 Å². The molecule has 15 heavy (non-hydrogen) atoms. The van der Waals surface area contributed by atoms with Crippen molar-refractivity contribution in [3.05, 3.63) is 60.3 Å². The highest BCUT2D eigenvalue weighted by Crippen LogP contribution is 2.08. The summed E-state index contributed by atoms with van der Waals surface area (Å²) in [6, 6.07) is 5.70. The minimum Gasteiger partial charge on any atom is -0.506 e. The first-order valence-corrected chi connectivity index (χ1v) is 4.48. The molecule has 2 nitrogen and oxygen atoms in total. The maximum atomic E-state index is 12.7. The van der Waals surface area contributed by atoms with Crippen LogP contribution in [-0.2, 0) is 0 Å². The Labute approximate surface area is 88.1 Å². The van der Waals surface area contributed by atoms with Crippen LogP contribution in [0.25, 0.3) is 0 Å². The average molecular weight is 205 g/mol. The first-order chi connectivity index (χ1) is 7.15. The summed E-state index contributed by atoms with van der Waals surface area (Å²) in [5.41, 5.74) is 0.968. The lowest BCUT2D eigenvalue weighted by molar-refractivity contribution is 0.446. The molecule has 1 N–H and O–H groups in total. The van der Waals surface area contributed by atoms with E-state index in [0.29, 0.717) is 11.3 Å². The fourth-order valence-electron chi connectivity index (χ4n) is 1.07. The number of hydrogen-bond donors (Lipinski definition) is 1. The number of hydrogen-bond acceptors (Lipinski definition) is 2. The molecule has 0 radical (unpaired) electrons. The molecule has 0 aliphatic heterocycles. The molecule has 78 valence electrons. The van der Waals surface area contributed by atoms with E-state index in [9.17, 15) is 9.50 Å². The Morgan fingerprint density at radius 1 is 1.40 bits per heavy atom. The van der Waals surface area contributed by atoms with Crippen LogP contribution in [0, 0.1) is 5.82 Å². The predicted molar refractivity (Wildman–Crippen MR) is 59.5 cm³/mol. The molecule has 0 saturated heterocycles. The second-order valence-corrected chi connectivity index (χ2v) is 2.91. The lowest BCUT2D eigenvalue weighted by atomic mass is 10.1. The molecule has 0 heterocycles. The maximum Gasteiger partial charge on any atom is 0.134 e. The lowest BCUT2D eigenvalue weighted by Gasteiger charge is -2.03. The molecule has 0 unspecified atom stereocenters. The zero-order valence-corrected chi connectivity index (χ0v) is 8.44. The van der Waals surface area contributed by atoms with Crippen molar-refractivity contribution in [1.82, 2.24) is 0 Å². The largest absolute Gasteiger partial charge is 0.506 e. The van der Waals surface area contributed by atoms with E-state index in [-0.39, 0.29) is 11.6 Å². The Kier molecular flexibility index (Phi) is 3.80. The first-order valence-electron chi connectivity index (χ1n) is 4.48. The van der Waals surface area contributed by atoms with E-state index in [2.05, 4.69) is 11.6 Å². The van der Waals surface area contributed by atoms with E-state index in [1.807, 2.05) is 6.92 Å². The van der Waals surface area contributed by atoms with E-state index in [1.165, 1.54) is 12.1 Å². The van der Waals surface area contributed by atoms with Crippen LogP contribution in [0.2, 0.25) is 0 Å². The fraction of sp³-hybridized carbons (Fsp3) is 0.0833. The summed E-state index contributed by atoms with van der Waals surface area (Å²) in [7, 11) is 0. The van der Waals surface area contributed by atoms with Gasteiger partial charge in [0.15, 0.2) is 0 Å². The average Bonchev–Trinajstić information content (AvgIpc) is 2.21. The zero-order valence-electron chi connectivity index (χ0n) is 8.44. The van der Waals surface area contributed by atoms with Crippen LogP contribution in [0.1, 0.15) is 12.5 Å². The van der Waals surface area contributed by atoms with Gasteiger partial charge in [0.05, 0.1) is 0 Å². The van der Waals surface area contributed by atoms with Gasteiger partial charge in [-0.05, 0) is 31.2 Å². The van der Waals surface area contributed by atoms with Gasteiger partial charge in [0.2, 0.25) is 0 Å². The number of benzene rings is 1. The number of aliphatic imine (C=N–C) groups is 1. The number of aliphatic hydroxyl groups is 1. The molecule has 0 aliphatic rings. The van der Waals surface area contributed by atoms with Crippen LogP contribution in [0.4, 0.5) is 4.39 Å². The topological polar surface area (TPSA) is 32.6 Å². The van der Waals surface area contributed by atoms with Crippen molar-refractivity contribution in [2.45, 2.75) is 6.92 Å². The first kappa shape index (κ1) is 11.2. The summed E-state index contributed by atoms with van der Waals surface area (Å²) in [6.07, 6.45) is 3.27. The van der Waals surface area contributed by atoms with Crippen molar-refractivity contribution in [2.75, 3.05) is 0 Å². The Morgan fingerprint density at radius 2 is 2.00 bits per heavy atom. The van der Waals surface area contributed by atoms with Crippen molar-refractivity contribution in [3.8, 4) is 0 Å². The SMILES string of the molecule is C=C(O)C(=N/C=C\C)c1ccc(F)cc1. The zero-order chi connectivity index (χ0) is 11.3.